The summed E-state index contributed by atoms with van der Waals surface area (Å²) in [7, 11) is 0. The summed E-state index contributed by atoms with van der Waals surface area (Å²) >= 11 is 0. The van der Waals surface area contributed by atoms with E-state index in [1.54, 1.807) is 0 Å². The number of ether oxygens (including phenoxy) is 1. The second-order valence-electron chi connectivity index (χ2n) is 7.34. The van der Waals surface area contributed by atoms with Gasteiger partial charge in [-0.3, -0.25) is 14.4 Å². The maximum atomic E-state index is 12.3. The molecule has 5 heteroatoms. The van der Waals surface area contributed by atoms with Gasteiger partial charge in [-0.15, -0.1) is 0 Å². The number of esters is 1. The smallest absolute Gasteiger partial charge is 0.306 e. The molecule has 2 rings (SSSR count). The molecule has 1 aromatic carbocycles. The SMILES string of the molecule is Cc1ccc(C)c(C(=O)CCC(=O)OCC(=O)N[C@@H]2CCCC[C@@H]2C)c1. The lowest BCUT2D eigenvalue weighted by molar-refractivity contribution is -0.148. The Balaban J connectivity index is 1.72. The highest BCUT2D eigenvalue weighted by Crippen LogP contribution is 2.23. The highest BCUT2D eigenvalue weighted by atomic mass is 16.5. The van der Waals surface area contributed by atoms with Gasteiger partial charge in [0.15, 0.2) is 12.4 Å². The number of aryl methyl sites for hydroxylation is 2. The molecule has 1 aromatic rings. The van der Waals surface area contributed by atoms with Crippen molar-refractivity contribution in [3.8, 4) is 0 Å². The molecule has 1 N–H and O–H groups in total. The lowest BCUT2D eigenvalue weighted by Gasteiger charge is -2.29. The number of amides is 1. The lowest BCUT2D eigenvalue weighted by Crippen LogP contribution is -2.42. The number of ketones is 1. The van der Waals surface area contributed by atoms with Crippen molar-refractivity contribution in [2.75, 3.05) is 6.61 Å². The number of carbonyl (C=O) groups is 3. The third kappa shape index (κ3) is 5.97. The average molecular weight is 359 g/mol. The number of rotatable bonds is 7. The van der Waals surface area contributed by atoms with Gasteiger partial charge in [0.1, 0.15) is 0 Å². The van der Waals surface area contributed by atoms with E-state index < -0.39 is 5.97 Å². The molecule has 0 aliphatic heterocycles. The number of nitrogens with one attached hydrogen (secondary N) is 1. The van der Waals surface area contributed by atoms with Crippen LogP contribution in [0.15, 0.2) is 18.2 Å². The molecular weight excluding hydrogens is 330 g/mol. The van der Waals surface area contributed by atoms with Crippen LogP contribution in [0.2, 0.25) is 0 Å². The number of benzene rings is 1. The molecule has 1 saturated carbocycles. The fourth-order valence-corrected chi connectivity index (χ4v) is 3.38. The van der Waals surface area contributed by atoms with Crippen molar-refractivity contribution in [3.05, 3.63) is 34.9 Å². The molecule has 1 fully saturated rings. The van der Waals surface area contributed by atoms with Crippen molar-refractivity contribution in [1.29, 1.82) is 0 Å². The van der Waals surface area contributed by atoms with Gasteiger partial charge in [0.2, 0.25) is 0 Å². The van der Waals surface area contributed by atoms with Gasteiger partial charge in [-0.05, 0) is 44.2 Å². The predicted molar refractivity (Wildman–Crippen MR) is 100 cm³/mol. The summed E-state index contributed by atoms with van der Waals surface area (Å²) in [6, 6.07) is 5.85. The molecule has 5 nitrogen and oxygen atoms in total. The van der Waals surface area contributed by atoms with Crippen molar-refractivity contribution in [3.63, 3.8) is 0 Å². The second kappa shape index (κ2) is 9.51. The fraction of sp³-hybridized carbons (Fsp3) is 0.571. The third-order valence-corrected chi connectivity index (χ3v) is 5.07. The monoisotopic (exact) mass is 359 g/mol. The summed E-state index contributed by atoms with van der Waals surface area (Å²) in [5.74, 6) is -0.407. The fourth-order valence-electron chi connectivity index (χ4n) is 3.38. The number of carbonyl (C=O) groups excluding carboxylic acids is 3. The molecule has 0 spiro atoms. The molecule has 2 atom stereocenters. The van der Waals surface area contributed by atoms with E-state index in [1.165, 1.54) is 6.42 Å². The number of hydrogen-bond donors (Lipinski definition) is 1. The van der Waals surface area contributed by atoms with Crippen molar-refractivity contribution < 1.29 is 19.1 Å². The van der Waals surface area contributed by atoms with Crippen molar-refractivity contribution >= 4 is 17.7 Å². The van der Waals surface area contributed by atoms with Crippen LogP contribution in [0.3, 0.4) is 0 Å². The normalized spacial score (nSPS) is 19.7. The molecule has 0 heterocycles. The van der Waals surface area contributed by atoms with E-state index in [0.717, 1.165) is 30.4 Å². The first kappa shape index (κ1) is 20.1. The van der Waals surface area contributed by atoms with Gasteiger partial charge in [0.05, 0.1) is 6.42 Å². The van der Waals surface area contributed by atoms with Crippen LogP contribution in [0.1, 0.15) is 66.9 Å². The maximum Gasteiger partial charge on any atom is 0.306 e. The summed E-state index contributed by atoms with van der Waals surface area (Å²) in [6.07, 6.45) is 4.49. The van der Waals surface area contributed by atoms with Gasteiger partial charge in [-0.25, -0.2) is 0 Å². The van der Waals surface area contributed by atoms with Crippen LogP contribution < -0.4 is 5.32 Å². The van der Waals surface area contributed by atoms with Gasteiger partial charge >= 0.3 is 5.97 Å². The van der Waals surface area contributed by atoms with E-state index in [1.807, 2.05) is 32.0 Å². The largest absolute Gasteiger partial charge is 0.456 e. The zero-order chi connectivity index (χ0) is 19.1. The van der Waals surface area contributed by atoms with Crippen LogP contribution in [-0.2, 0) is 14.3 Å². The predicted octanol–water partition coefficient (Wildman–Crippen LogP) is 3.50. The molecule has 0 radical (unpaired) electrons. The average Bonchev–Trinajstić information content (AvgIpc) is 2.62. The molecule has 0 unspecified atom stereocenters. The Labute approximate surface area is 155 Å². The third-order valence-electron chi connectivity index (χ3n) is 5.07. The van der Waals surface area contributed by atoms with Crippen LogP contribution in [0.25, 0.3) is 0 Å². The Hall–Kier alpha value is -2.17. The first-order valence-corrected chi connectivity index (χ1v) is 9.42. The van der Waals surface area contributed by atoms with E-state index >= 15 is 0 Å². The summed E-state index contributed by atoms with van der Waals surface area (Å²) in [5, 5.41) is 2.95. The summed E-state index contributed by atoms with van der Waals surface area (Å²) < 4.78 is 5.02. The number of Topliss-reactive ketones (excluding diaryl/α,β-unsaturated/α-hetero) is 1. The van der Waals surface area contributed by atoms with Crippen molar-refractivity contribution in [2.24, 2.45) is 5.92 Å². The molecule has 1 aliphatic carbocycles. The van der Waals surface area contributed by atoms with E-state index in [9.17, 15) is 14.4 Å². The summed E-state index contributed by atoms with van der Waals surface area (Å²) in [4.78, 5) is 36.1. The molecule has 0 aromatic heterocycles. The number of hydrogen-bond acceptors (Lipinski definition) is 4. The van der Waals surface area contributed by atoms with Crippen LogP contribution in [0.4, 0.5) is 0 Å². The molecule has 1 aliphatic rings. The van der Waals surface area contributed by atoms with Crippen molar-refractivity contribution in [2.45, 2.75) is 65.3 Å². The Morgan fingerprint density at radius 1 is 1.12 bits per heavy atom. The molecule has 142 valence electrons. The van der Waals surface area contributed by atoms with E-state index in [4.69, 9.17) is 4.74 Å². The van der Waals surface area contributed by atoms with E-state index in [0.29, 0.717) is 11.5 Å². The standard InChI is InChI=1S/C21H29NO4/c1-14-8-9-15(2)17(12-14)19(23)10-11-21(25)26-13-20(24)22-18-7-5-4-6-16(18)3/h8-9,12,16,18H,4-7,10-11,13H2,1-3H3,(H,22,24)/t16-,18+/m0/s1. The van der Waals surface area contributed by atoms with Crippen LogP contribution in [-0.4, -0.2) is 30.3 Å². The Morgan fingerprint density at radius 2 is 1.85 bits per heavy atom. The summed E-state index contributed by atoms with van der Waals surface area (Å²) in [5.41, 5.74) is 2.55. The molecule has 0 bridgehead atoms. The van der Waals surface area contributed by atoms with Gasteiger partial charge in [-0.1, -0.05) is 37.5 Å². The minimum absolute atomic E-state index is 0.0146. The molecule has 26 heavy (non-hydrogen) atoms. The quantitative estimate of drug-likeness (QED) is 0.597. The first-order valence-electron chi connectivity index (χ1n) is 9.42. The molecular formula is C21H29NO4. The first-order chi connectivity index (χ1) is 12.4. The molecule has 1 amide bonds. The van der Waals surface area contributed by atoms with E-state index in [2.05, 4.69) is 12.2 Å². The van der Waals surface area contributed by atoms with Crippen LogP contribution in [0, 0.1) is 19.8 Å². The highest BCUT2D eigenvalue weighted by molar-refractivity contribution is 5.99. The Kier molecular flexibility index (Phi) is 7.37. The lowest BCUT2D eigenvalue weighted by atomic mass is 9.86. The van der Waals surface area contributed by atoms with Gasteiger partial charge < -0.3 is 10.1 Å². The Bertz CT molecular complexity index is 668. The zero-order valence-corrected chi connectivity index (χ0v) is 16.0. The van der Waals surface area contributed by atoms with Crippen LogP contribution in [0.5, 0.6) is 0 Å². The van der Waals surface area contributed by atoms with Gasteiger partial charge in [0.25, 0.3) is 5.91 Å². The van der Waals surface area contributed by atoms with Crippen LogP contribution >= 0.6 is 0 Å². The van der Waals surface area contributed by atoms with Gasteiger partial charge in [0, 0.05) is 18.0 Å². The van der Waals surface area contributed by atoms with Crippen molar-refractivity contribution in [1.82, 2.24) is 5.32 Å². The minimum atomic E-state index is -0.518. The Morgan fingerprint density at radius 3 is 2.58 bits per heavy atom. The molecule has 0 saturated heterocycles. The second-order valence-corrected chi connectivity index (χ2v) is 7.34. The highest BCUT2D eigenvalue weighted by Gasteiger charge is 2.23. The maximum absolute atomic E-state index is 12.3. The van der Waals surface area contributed by atoms with Gasteiger partial charge in [-0.2, -0.15) is 0 Å². The minimum Gasteiger partial charge on any atom is -0.456 e. The topological polar surface area (TPSA) is 72.5 Å². The zero-order valence-electron chi connectivity index (χ0n) is 16.0. The van der Waals surface area contributed by atoms with E-state index in [-0.39, 0.29) is 37.2 Å². The summed E-state index contributed by atoms with van der Waals surface area (Å²) in [6.45, 7) is 5.66.